The van der Waals surface area contributed by atoms with Crippen LogP contribution in [0, 0.1) is 0 Å². The Hall–Kier alpha value is -1.10. The second-order valence-corrected chi connectivity index (χ2v) is 4.96. The van der Waals surface area contributed by atoms with Gasteiger partial charge >= 0.3 is 0 Å². The zero-order chi connectivity index (χ0) is 13.5. The molecule has 0 aliphatic rings. The van der Waals surface area contributed by atoms with Crippen LogP contribution in [0.4, 0.5) is 0 Å². The molecule has 0 atom stereocenters. The predicted octanol–water partition coefficient (Wildman–Crippen LogP) is 0.535. The molecule has 0 heterocycles. The van der Waals surface area contributed by atoms with Gasteiger partial charge in [-0.25, -0.2) is 0 Å². The first kappa shape index (κ1) is 15.9. The lowest BCUT2D eigenvalue weighted by molar-refractivity contribution is -0.122. The SMILES string of the molecule is CCC(CC)NC(=O)CNC(C)(C)CC(N)=O. The van der Waals surface area contributed by atoms with Crippen LogP contribution in [-0.4, -0.2) is 29.9 Å². The maximum absolute atomic E-state index is 11.6. The van der Waals surface area contributed by atoms with E-state index in [0.717, 1.165) is 12.8 Å². The van der Waals surface area contributed by atoms with Crippen LogP contribution in [0.3, 0.4) is 0 Å². The maximum Gasteiger partial charge on any atom is 0.234 e. The monoisotopic (exact) mass is 243 g/mol. The van der Waals surface area contributed by atoms with Crippen molar-refractivity contribution in [2.75, 3.05) is 6.54 Å². The number of carbonyl (C=O) groups excluding carboxylic acids is 2. The molecule has 0 aliphatic heterocycles. The van der Waals surface area contributed by atoms with E-state index in [9.17, 15) is 9.59 Å². The van der Waals surface area contributed by atoms with Gasteiger partial charge in [-0.1, -0.05) is 13.8 Å². The van der Waals surface area contributed by atoms with E-state index in [2.05, 4.69) is 10.6 Å². The first-order valence-corrected chi connectivity index (χ1v) is 6.13. The van der Waals surface area contributed by atoms with Gasteiger partial charge in [-0.15, -0.1) is 0 Å². The van der Waals surface area contributed by atoms with Crippen molar-refractivity contribution in [3.8, 4) is 0 Å². The third-order valence-electron chi connectivity index (χ3n) is 2.69. The molecule has 0 saturated carbocycles. The van der Waals surface area contributed by atoms with Crippen LogP contribution in [0.5, 0.6) is 0 Å². The predicted molar refractivity (Wildman–Crippen MR) is 68.4 cm³/mol. The fourth-order valence-corrected chi connectivity index (χ4v) is 1.59. The summed E-state index contributed by atoms with van der Waals surface area (Å²) in [6.45, 7) is 7.99. The summed E-state index contributed by atoms with van der Waals surface area (Å²) in [6, 6.07) is 0.226. The van der Waals surface area contributed by atoms with Gasteiger partial charge in [0.05, 0.1) is 6.54 Å². The number of hydrogen-bond donors (Lipinski definition) is 3. The number of rotatable bonds is 8. The number of nitrogens with two attached hydrogens (primary N) is 1. The van der Waals surface area contributed by atoms with Gasteiger partial charge in [-0.2, -0.15) is 0 Å². The molecule has 0 aromatic carbocycles. The van der Waals surface area contributed by atoms with Crippen molar-refractivity contribution < 1.29 is 9.59 Å². The second kappa shape index (κ2) is 7.27. The van der Waals surface area contributed by atoms with Gasteiger partial charge in [0.1, 0.15) is 0 Å². The Kier molecular flexibility index (Phi) is 6.80. The first-order chi connectivity index (χ1) is 7.80. The first-order valence-electron chi connectivity index (χ1n) is 6.13. The Labute approximate surface area is 104 Å². The fraction of sp³-hybridized carbons (Fsp3) is 0.833. The summed E-state index contributed by atoms with van der Waals surface area (Å²) >= 11 is 0. The van der Waals surface area contributed by atoms with Gasteiger partial charge in [-0.3, -0.25) is 9.59 Å². The Bertz CT molecular complexity index is 260. The molecule has 0 unspecified atom stereocenters. The van der Waals surface area contributed by atoms with Crippen LogP contribution in [0.15, 0.2) is 0 Å². The van der Waals surface area contributed by atoms with Crippen molar-refractivity contribution >= 4 is 11.8 Å². The third kappa shape index (κ3) is 7.74. The third-order valence-corrected chi connectivity index (χ3v) is 2.69. The van der Waals surface area contributed by atoms with Crippen LogP contribution in [0.25, 0.3) is 0 Å². The van der Waals surface area contributed by atoms with Gasteiger partial charge in [-0.05, 0) is 26.7 Å². The molecule has 5 heteroatoms. The Morgan fingerprint density at radius 1 is 1.24 bits per heavy atom. The number of carbonyl (C=O) groups is 2. The molecule has 2 amide bonds. The van der Waals surface area contributed by atoms with E-state index >= 15 is 0 Å². The molecule has 0 spiro atoms. The van der Waals surface area contributed by atoms with E-state index < -0.39 is 5.54 Å². The van der Waals surface area contributed by atoms with Crippen LogP contribution in [0.1, 0.15) is 47.0 Å². The van der Waals surface area contributed by atoms with E-state index in [0.29, 0.717) is 0 Å². The van der Waals surface area contributed by atoms with Crippen molar-refractivity contribution in [1.29, 1.82) is 0 Å². The zero-order valence-electron chi connectivity index (χ0n) is 11.3. The minimum atomic E-state index is -0.447. The Balaban J connectivity index is 4.02. The van der Waals surface area contributed by atoms with Crippen molar-refractivity contribution in [2.45, 2.75) is 58.5 Å². The van der Waals surface area contributed by atoms with E-state index in [1.807, 2.05) is 27.7 Å². The van der Waals surface area contributed by atoms with Gasteiger partial charge in [0.15, 0.2) is 0 Å². The molecule has 4 N–H and O–H groups in total. The topological polar surface area (TPSA) is 84.2 Å². The quantitative estimate of drug-likeness (QED) is 0.581. The second-order valence-electron chi connectivity index (χ2n) is 4.96. The smallest absolute Gasteiger partial charge is 0.234 e. The summed E-state index contributed by atoms with van der Waals surface area (Å²) in [5.74, 6) is -0.417. The Morgan fingerprint density at radius 2 is 1.76 bits per heavy atom. The average Bonchev–Trinajstić information content (AvgIpc) is 2.21. The highest BCUT2D eigenvalue weighted by molar-refractivity contribution is 5.79. The molecular formula is C12H25N3O2. The van der Waals surface area contributed by atoms with Crippen LogP contribution in [-0.2, 0) is 9.59 Å². The molecular weight excluding hydrogens is 218 g/mol. The summed E-state index contributed by atoms with van der Waals surface area (Å²) in [7, 11) is 0. The molecule has 0 saturated heterocycles. The van der Waals surface area contributed by atoms with Crippen molar-refractivity contribution in [3.05, 3.63) is 0 Å². The maximum atomic E-state index is 11.6. The average molecular weight is 243 g/mol. The summed E-state index contributed by atoms with van der Waals surface area (Å²) < 4.78 is 0. The molecule has 0 rings (SSSR count). The molecule has 100 valence electrons. The lowest BCUT2D eigenvalue weighted by Gasteiger charge is -2.25. The van der Waals surface area contributed by atoms with Gasteiger partial charge < -0.3 is 16.4 Å². The molecule has 0 radical (unpaired) electrons. The largest absolute Gasteiger partial charge is 0.370 e. The molecule has 17 heavy (non-hydrogen) atoms. The minimum absolute atomic E-state index is 0.0451. The molecule has 0 bridgehead atoms. The molecule has 0 fully saturated rings. The lowest BCUT2D eigenvalue weighted by atomic mass is 10.0. The summed E-state index contributed by atoms with van der Waals surface area (Å²) in [4.78, 5) is 22.4. The van der Waals surface area contributed by atoms with E-state index in [1.54, 1.807) is 0 Å². The number of hydrogen-bond acceptors (Lipinski definition) is 3. The number of amides is 2. The number of primary amides is 1. The van der Waals surface area contributed by atoms with Gasteiger partial charge in [0, 0.05) is 18.0 Å². The number of nitrogens with one attached hydrogen (secondary N) is 2. The Morgan fingerprint density at radius 3 is 2.18 bits per heavy atom. The van der Waals surface area contributed by atoms with Crippen molar-refractivity contribution in [3.63, 3.8) is 0 Å². The molecule has 0 aromatic heterocycles. The lowest BCUT2D eigenvalue weighted by Crippen LogP contribution is -2.48. The molecule has 5 nitrogen and oxygen atoms in total. The highest BCUT2D eigenvalue weighted by atomic mass is 16.2. The highest BCUT2D eigenvalue weighted by Gasteiger charge is 2.21. The normalized spacial score (nSPS) is 11.6. The highest BCUT2D eigenvalue weighted by Crippen LogP contribution is 2.06. The summed E-state index contributed by atoms with van der Waals surface area (Å²) in [5.41, 5.74) is 4.68. The van der Waals surface area contributed by atoms with Crippen LogP contribution < -0.4 is 16.4 Å². The summed E-state index contributed by atoms with van der Waals surface area (Å²) in [6.07, 6.45) is 2.06. The van der Waals surface area contributed by atoms with Crippen molar-refractivity contribution in [1.82, 2.24) is 10.6 Å². The zero-order valence-corrected chi connectivity index (χ0v) is 11.3. The fourth-order valence-electron chi connectivity index (χ4n) is 1.59. The van der Waals surface area contributed by atoms with Crippen LogP contribution in [0.2, 0.25) is 0 Å². The van der Waals surface area contributed by atoms with Gasteiger partial charge in [0.2, 0.25) is 11.8 Å². The summed E-state index contributed by atoms with van der Waals surface area (Å²) in [5, 5.41) is 5.96. The van der Waals surface area contributed by atoms with Crippen LogP contribution >= 0.6 is 0 Å². The standard InChI is InChI=1S/C12H25N3O2/c1-5-9(6-2)15-11(17)8-14-12(3,4)7-10(13)16/h9,14H,5-8H2,1-4H3,(H2,13,16)(H,15,17). The van der Waals surface area contributed by atoms with E-state index in [4.69, 9.17) is 5.73 Å². The van der Waals surface area contributed by atoms with E-state index in [1.165, 1.54) is 0 Å². The van der Waals surface area contributed by atoms with E-state index in [-0.39, 0.29) is 30.8 Å². The van der Waals surface area contributed by atoms with Gasteiger partial charge in [0.25, 0.3) is 0 Å². The molecule has 0 aromatic rings. The molecule has 0 aliphatic carbocycles. The minimum Gasteiger partial charge on any atom is -0.370 e. The van der Waals surface area contributed by atoms with Crippen molar-refractivity contribution in [2.24, 2.45) is 5.73 Å².